The van der Waals surface area contributed by atoms with Gasteiger partial charge in [-0.2, -0.15) is 8.78 Å². The van der Waals surface area contributed by atoms with Crippen molar-refractivity contribution in [3.63, 3.8) is 0 Å². The van der Waals surface area contributed by atoms with Gasteiger partial charge in [0.25, 0.3) is 15.9 Å². The van der Waals surface area contributed by atoms with Gasteiger partial charge in [0.15, 0.2) is 4.33 Å². The van der Waals surface area contributed by atoms with Crippen LogP contribution >= 0.6 is 23.2 Å². The van der Waals surface area contributed by atoms with Crippen LogP contribution in [-0.4, -0.2) is 24.4 Å². The fraction of sp³-hybridized carbons (Fsp3) is 0.750. The third-order valence-electron chi connectivity index (χ3n) is 0.868. The number of rotatable bonds is 3. The Morgan fingerprint density at radius 2 is 1.85 bits per heavy atom. The van der Waals surface area contributed by atoms with Crippen molar-refractivity contribution in [1.82, 2.24) is 4.72 Å². The molecule has 0 bridgehead atoms. The molecule has 0 rings (SSSR count). The van der Waals surface area contributed by atoms with Crippen molar-refractivity contribution in [3.8, 4) is 0 Å². The predicted octanol–water partition coefficient (Wildman–Crippen LogP) is 0.849. The molecule has 0 fully saturated rings. The molecular weight excluding hydrogens is 251 g/mol. The van der Waals surface area contributed by atoms with Crippen LogP contribution in [-0.2, 0) is 14.8 Å². The SMILES string of the molecule is CC(Cl)(Cl)C(=O)NS(=O)(=O)C(F)F. The Kier molecular flexibility index (Phi) is 3.89. The summed E-state index contributed by atoms with van der Waals surface area (Å²) in [7, 11) is -4.98. The molecule has 0 saturated heterocycles. The molecule has 0 aliphatic heterocycles. The largest absolute Gasteiger partial charge is 0.355 e. The second-order valence-corrected chi connectivity index (χ2v) is 5.48. The summed E-state index contributed by atoms with van der Waals surface area (Å²) in [6.45, 7) is 0.951. The van der Waals surface area contributed by atoms with Crippen LogP contribution in [0.15, 0.2) is 0 Å². The molecule has 0 aromatic heterocycles. The minimum Gasteiger partial charge on any atom is -0.271 e. The van der Waals surface area contributed by atoms with Gasteiger partial charge in [-0.1, -0.05) is 23.2 Å². The second-order valence-electron chi connectivity index (χ2n) is 2.13. The number of hydrogen-bond donors (Lipinski definition) is 1. The number of halogens is 4. The third kappa shape index (κ3) is 4.06. The lowest BCUT2D eigenvalue weighted by Crippen LogP contribution is -2.42. The molecule has 0 aromatic rings. The molecule has 78 valence electrons. The van der Waals surface area contributed by atoms with E-state index in [1.807, 2.05) is 0 Å². The van der Waals surface area contributed by atoms with Gasteiger partial charge < -0.3 is 0 Å². The Bertz CT molecular complexity index is 297. The number of sulfonamides is 1. The average Bonchev–Trinajstić information content (AvgIpc) is 1.83. The molecule has 0 atom stereocenters. The molecule has 0 radical (unpaired) electrons. The Morgan fingerprint density at radius 3 is 2.08 bits per heavy atom. The standard InChI is InChI=1S/C4H5Cl2F2NO3S/c1-4(5,6)2(10)9-13(11,12)3(7)8/h3H,1H3,(H,9,10). The lowest BCUT2D eigenvalue weighted by Gasteiger charge is -2.12. The molecule has 4 nitrogen and oxygen atoms in total. The summed E-state index contributed by atoms with van der Waals surface area (Å²) in [4.78, 5) is 10.7. The summed E-state index contributed by atoms with van der Waals surface area (Å²) >= 11 is 10.3. The first kappa shape index (κ1) is 12.9. The Balaban J connectivity index is 4.58. The number of carbonyl (C=O) groups is 1. The fourth-order valence-corrected chi connectivity index (χ4v) is 1.02. The van der Waals surface area contributed by atoms with Crippen LogP contribution in [0.4, 0.5) is 8.78 Å². The summed E-state index contributed by atoms with van der Waals surface area (Å²) in [6, 6.07) is 0. The molecule has 1 amide bonds. The van der Waals surface area contributed by atoms with E-state index in [0.29, 0.717) is 0 Å². The molecule has 0 aliphatic carbocycles. The highest BCUT2D eigenvalue weighted by atomic mass is 35.5. The number of hydrogen-bond acceptors (Lipinski definition) is 3. The van der Waals surface area contributed by atoms with Crippen molar-refractivity contribution in [1.29, 1.82) is 0 Å². The van der Waals surface area contributed by atoms with E-state index in [1.165, 1.54) is 0 Å². The molecule has 1 N–H and O–H groups in total. The van der Waals surface area contributed by atoms with Crippen LogP contribution in [0.1, 0.15) is 6.92 Å². The Hall–Kier alpha value is -0.140. The zero-order valence-corrected chi connectivity index (χ0v) is 8.55. The van der Waals surface area contributed by atoms with Gasteiger partial charge in [0.1, 0.15) is 0 Å². The lowest BCUT2D eigenvalue weighted by atomic mass is 10.4. The van der Waals surface area contributed by atoms with E-state index in [0.717, 1.165) is 11.6 Å². The van der Waals surface area contributed by atoms with Gasteiger partial charge in [-0.15, -0.1) is 0 Å². The van der Waals surface area contributed by atoms with Crippen molar-refractivity contribution in [3.05, 3.63) is 0 Å². The van der Waals surface area contributed by atoms with Crippen LogP contribution in [0.5, 0.6) is 0 Å². The third-order valence-corrected chi connectivity index (χ3v) is 2.15. The molecule has 0 unspecified atom stereocenters. The number of carbonyl (C=O) groups excluding carboxylic acids is 1. The van der Waals surface area contributed by atoms with E-state index in [1.54, 1.807) is 0 Å². The number of nitrogens with one attached hydrogen (secondary N) is 1. The first-order valence-corrected chi connectivity index (χ1v) is 5.09. The average molecular weight is 256 g/mol. The molecule has 0 heterocycles. The highest BCUT2D eigenvalue weighted by Crippen LogP contribution is 2.20. The van der Waals surface area contributed by atoms with E-state index < -0.39 is 26.0 Å². The maximum Gasteiger partial charge on any atom is 0.355 e. The van der Waals surface area contributed by atoms with E-state index in [9.17, 15) is 22.0 Å². The van der Waals surface area contributed by atoms with Crippen molar-refractivity contribution in [2.75, 3.05) is 0 Å². The zero-order chi connectivity index (χ0) is 10.9. The summed E-state index contributed by atoms with van der Waals surface area (Å²) < 4.78 is 43.1. The predicted molar refractivity (Wildman–Crippen MR) is 43.2 cm³/mol. The molecule has 0 aromatic carbocycles. The Labute approximate surface area is 83.2 Å². The molecule has 0 saturated carbocycles. The lowest BCUT2D eigenvalue weighted by molar-refractivity contribution is -0.119. The molecule has 9 heteroatoms. The van der Waals surface area contributed by atoms with Crippen molar-refractivity contribution < 1.29 is 22.0 Å². The molecule has 0 spiro atoms. The van der Waals surface area contributed by atoms with Crippen LogP contribution in [0, 0.1) is 0 Å². The van der Waals surface area contributed by atoms with Crippen LogP contribution in [0.25, 0.3) is 0 Å². The van der Waals surface area contributed by atoms with Gasteiger partial charge in [0.05, 0.1) is 0 Å². The zero-order valence-electron chi connectivity index (χ0n) is 6.22. The van der Waals surface area contributed by atoms with Gasteiger partial charge in [-0.25, -0.2) is 13.1 Å². The quantitative estimate of drug-likeness (QED) is 0.761. The van der Waals surface area contributed by atoms with E-state index in [-0.39, 0.29) is 0 Å². The molecular formula is C4H5Cl2F2NO3S. The number of amides is 1. The van der Waals surface area contributed by atoms with Gasteiger partial charge in [-0.3, -0.25) is 4.79 Å². The van der Waals surface area contributed by atoms with Crippen molar-refractivity contribution >= 4 is 39.1 Å². The molecule has 0 aliphatic rings. The van der Waals surface area contributed by atoms with Gasteiger partial charge >= 0.3 is 5.76 Å². The monoisotopic (exact) mass is 255 g/mol. The second kappa shape index (κ2) is 3.93. The van der Waals surface area contributed by atoms with Gasteiger partial charge in [-0.05, 0) is 6.92 Å². The van der Waals surface area contributed by atoms with Crippen LogP contribution < -0.4 is 4.72 Å². The Morgan fingerprint density at radius 1 is 1.46 bits per heavy atom. The topological polar surface area (TPSA) is 63.2 Å². The summed E-state index contributed by atoms with van der Waals surface area (Å²) in [5, 5.41) is 0. The van der Waals surface area contributed by atoms with E-state index in [2.05, 4.69) is 0 Å². The van der Waals surface area contributed by atoms with E-state index in [4.69, 9.17) is 23.2 Å². The maximum absolute atomic E-state index is 11.7. The maximum atomic E-state index is 11.7. The number of alkyl halides is 4. The highest BCUT2D eigenvalue weighted by molar-refractivity contribution is 7.90. The van der Waals surface area contributed by atoms with Crippen molar-refractivity contribution in [2.45, 2.75) is 17.0 Å². The first-order chi connectivity index (χ1) is 5.57. The normalized spacial score (nSPS) is 13.1. The first-order valence-electron chi connectivity index (χ1n) is 2.79. The van der Waals surface area contributed by atoms with E-state index >= 15 is 0 Å². The van der Waals surface area contributed by atoms with Crippen LogP contribution in [0.2, 0.25) is 0 Å². The van der Waals surface area contributed by atoms with Crippen molar-refractivity contribution in [2.24, 2.45) is 0 Å². The van der Waals surface area contributed by atoms with Gasteiger partial charge in [0, 0.05) is 0 Å². The summed E-state index contributed by atoms with van der Waals surface area (Å²) in [5.74, 6) is -5.12. The fourth-order valence-electron chi connectivity index (χ4n) is 0.263. The highest BCUT2D eigenvalue weighted by Gasteiger charge is 2.34. The van der Waals surface area contributed by atoms with Gasteiger partial charge in [0.2, 0.25) is 0 Å². The minimum atomic E-state index is -4.98. The van der Waals surface area contributed by atoms with Crippen LogP contribution in [0.3, 0.4) is 0 Å². The summed E-state index contributed by atoms with van der Waals surface area (Å²) in [5.41, 5.74) is 0. The smallest absolute Gasteiger partial charge is 0.271 e. The molecule has 13 heavy (non-hydrogen) atoms. The summed E-state index contributed by atoms with van der Waals surface area (Å²) in [6.07, 6.45) is 0. The minimum absolute atomic E-state index is 0.951.